The van der Waals surface area contributed by atoms with Crippen molar-refractivity contribution in [2.75, 3.05) is 29.5 Å². The Morgan fingerprint density at radius 3 is 2.79 bits per heavy atom. The van der Waals surface area contributed by atoms with E-state index < -0.39 is 0 Å². The van der Waals surface area contributed by atoms with Gasteiger partial charge in [-0.3, -0.25) is 9.69 Å². The van der Waals surface area contributed by atoms with Gasteiger partial charge in [0, 0.05) is 17.9 Å². The van der Waals surface area contributed by atoms with E-state index in [1.54, 1.807) is 0 Å². The summed E-state index contributed by atoms with van der Waals surface area (Å²) in [6.07, 6.45) is 2.66. The van der Waals surface area contributed by atoms with Gasteiger partial charge in [0.2, 0.25) is 17.8 Å². The maximum Gasteiger partial charge on any atom is 0.232 e. The van der Waals surface area contributed by atoms with Crippen LogP contribution in [0.5, 0.6) is 0 Å². The van der Waals surface area contributed by atoms with Gasteiger partial charge in [-0.15, -0.1) is 0 Å². The van der Waals surface area contributed by atoms with Crippen molar-refractivity contribution in [2.45, 2.75) is 39.7 Å². The van der Waals surface area contributed by atoms with Crippen LogP contribution in [-0.2, 0) is 17.8 Å². The molecule has 1 aliphatic heterocycles. The van der Waals surface area contributed by atoms with Gasteiger partial charge >= 0.3 is 0 Å². The van der Waals surface area contributed by atoms with Crippen molar-refractivity contribution >= 4 is 29.3 Å². The van der Waals surface area contributed by atoms with E-state index >= 15 is 0 Å². The molecule has 0 bridgehead atoms. The first kappa shape index (κ1) is 22.6. The van der Waals surface area contributed by atoms with E-state index in [9.17, 15) is 4.79 Å². The number of nitrogens with two attached hydrogens (primary N) is 1. The molecule has 172 valence electrons. The monoisotopic (exact) mass is 446 g/mol. The Labute approximate surface area is 193 Å². The lowest BCUT2D eigenvalue weighted by Gasteiger charge is -2.31. The Morgan fingerprint density at radius 2 is 1.97 bits per heavy atom. The molecular weight excluding hydrogens is 416 g/mol. The average molecular weight is 447 g/mol. The van der Waals surface area contributed by atoms with E-state index in [2.05, 4.69) is 48.5 Å². The Bertz CT molecular complexity index is 1120. The summed E-state index contributed by atoms with van der Waals surface area (Å²) in [5.74, 6) is 1.65. The summed E-state index contributed by atoms with van der Waals surface area (Å²) in [5, 5.41) is 6.21. The number of nitrogens with zero attached hydrogens (tertiary/aromatic N) is 5. The molecular formula is C24H30N8O. The van der Waals surface area contributed by atoms with Crippen LogP contribution in [0.3, 0.4) is 0 Å². The highest BCUT2D eigenvalue weighted by atomic mass is 16.2. The topological polar surface area (TPSA) is 122 Å². The fourth-order valence-corrected chi connectivity index (χ4v) is 4.09. The number of carbonyl (C=O) groups is 1. The predicted octanol–water partition coefficient (Wildman–Crippen LogP) is 3.31. The van der Waals surface area contributed by atoms with Crippen LogP contribution in [0.15, 0.2) is 42.5 Å². The number of para-hydroxylation sites is 1. The number of anilines is 4. The fourth-order valence-electron chi connectivity index (χ4n) is 4.09. The normalized spacial score (nSPS) is 16.4. The quantitative estimate of drug-likeness (QED) is 0.505. The third-order valence-electron chi connectivity index (χ3n) is 5.72. The van der Waals surface area contributed by atoms with Gasteiger partial charge in [0.25, 0.3) is 0 Å². The lowest BCUT2D eigenvalue weighted by Crippen LogP contribution is -2.40. The molecule has 1 aromatic carbocycles. The molecule has 0 spiro atoms. The van der Waals surface area contributed by atoms with Crippen molar-refractivity contribution in [3.8, 4) is 0 Å². The first-order valence-corrected chi connectivity index (χ1v) is 11.3. The van der Waals surface area contributed by atoms with E-state index in [4.69, 9.17) is 5.73 Å². The summed E-state index contributed by atoms with van der Waals surface area (Å²) in [4.78, 5) is 32.5. The number of hydrogen-bond acceptors (Lipinski definition) is 8. The molecule has 3 aromatic rings. The van der Waals surface area contributed by atoms with Crippen LogP contribution in [-0.4, -0.2) is 43.8 Å². The second-order valence-electron chi connectivity index (χ2n) is 8.30. The number of carbonyl (C=O) groups excluding carboxylic acids is 1. The third kappa shape index (κ3) is 6.01. The summed E-state index contributed by atoms with van der Waals surface area (Å²) in [7, 11) is 0. The predicted molar refractivity (Wildman–Crippen MR) is 129 cm³/mol. The zero-order chi connectivity index (χ0) is 23.2. The van der Waals surface area contributed by atoms with Gasteiger partial charge in [-0.05, 0) is 56.5 Å². The first-order chi connectivity index (χ1) is 16.0. The zero-order valence-corrected chi connectivity index (χ0v) is 19.1. The van der Waals surface area contributed by atoms with Crippen molar-refractivity contribution < 1.29 is 4.79 Å². The minimum atomic E-state index is -0.116. The summed E-state index contributed by atoms with van der Waals surface area (Å²) in [6, 6.07) is 13.6. The Balaban J connectivity index is 1.41. The summed E-state index contributed by atoms with van der Waals surface area (Å²) >= 11 is 0. The molecule has 0 saturated carbocycles. The van der Waals surface area contributed by atoms with Gasteiger partial charge in [0.05, 0.1) is 12.5 Å². The molecule has 1 aliphatic rings. The van der Waals surface area contributed by atoms with Crippen LogP contribution in [0, 0.1) is 12.8 Å². The smallest absolute Gasteiger partial charge is 0.232 e. The highest BCUT2D eigenvalue weighted by Gasteiger charge is 2.27. The highest BCUT2D eigenvalue weighted by Crippen LogP contribution is 2.22. The lowest BCUT2D eigenvalue weighted by atomic mass is 9.97. The summed E-state index contributed by atoms with van der Waals surface area (Å²) in [6.45, 7) is 6.02. The second-order valence-corrected chi connectivity index (χ2v) is 8.30. The molecule has 2 aromatic heterocycles. The zero-order valence-electron chi connectivity index (χ0n) is 19.1. The maximum atomic E-state index is 12.8. The maximum absolute atomic E-state index is 12.8. The molecule has 9 heteroatoms. The van der Waals surface area contributed by atoms with Gasteiger partial charge in [0.15, 0.2) is 0 Å². The lowest BCUT2D eigenvalue weighted by molar-refractivity contribution is -0.121. The SMILES string of the molecule is CCc1ccccc1Nc1nc(N)nc(CN2CCCC(C(=O)Nc3cccc(C)n3)C2)n1. The molecule has 0 aliphatic carbocycles. The number of piperidine rings is 1. The molecule has 1 fully saturated rings. The number of aryl methyl sites for hydroxylation is 2. The van der Waals surface area contributed by atoms with Crippen molar-refractivity contribution in [1.29, 1.82) is 0 Å². The van der Waals surface area contributed by atoms with Crippen LogP contribution in [0.1, 0.15) is 36.8 Å². The largest absolute Gasteiger partial charge is 0.368 e. The molecule has 9 nitrogen and oxygen atoms in total. The van der Waals surface area contributed by atoms with Crippen molar-refractivity contribution in [3.63, 3.8) is 0 Å². The number of likely N-dealkylation sites (tertiary alicyclic amines) is 1. The van der Waals surface area contributed by atoms with Crippen molar-refractivity contribution in [2.24, 2.45) is 5.92 Å². The number of nitrogens with one attached hydrogen (secondary N) is 2. The molecule has 4 rings (SSSR count). The van der Waals surface area contributed by atoms with Crippen LogP contribution in [0.4, 0.5) is 23.4 Å². The second kappa shape index (κ2) is 10.4. The molecule has 1 amide bonds. The van der Waals surface area contributed by atoms with E-state index in [1.165, 1.54) is 5.56 Å². The van der Waals surface area contributed by atoms with Crippen LogP contribution in [0.25, 0.3) is 0 Å². The molecule has 1 saturated heterocycles. The Kier molecular flexibility index (Phi) is 7.09. The van der Waals surface area contributed by atoms with Crippen LogP contribution >= 0.6 is 0 Å². The molecule has 3 heterocycles. The summed E-state index contributed by atoms with van der Waals surface area (Å²) in [5.41, 5.74) is 8.97. The minimum Gasteiger partial charge on any atom is -0.368 e. The molecule has 4 N–H and O–H groups in total. The van der Waals surface area contributed by atoms with E-state index in [-0.39, 0.29) is 17.8 Å². The van der Waals surface area contributed by atoms with Crippen molar-refractivity contribution in [1.82, 2.24) is 24.8 Å². The number of aromatic nitrogens is 4. The number of pyridine rings is 1. The average Bonchev–Trinajstić information content (AvgIpc) is 2.79. The Morgan fingerprint density at radius 1 is 1.12 bits per heavy atom. The van der Waals surface area contributed by atoms with Gasteiger partial charge in [0.1, 0.15) is 11.6 Å². The minimum absolute atomic E-state index is 0.00788. The van der Waals surface area contributed by atoms with E-state index in [0.717, 1.165) is 37.2 Å². The molecule has 33 heavy (non-hydrogen) atoms. The number of nitrogen functional groups attached to an aromatic ring is 1. The molecule has 1 unspecified atom stereocenters. The van der Waals surface area contributed by atoms with Gasteiger partial charge in [-0.25, -0.2) is 4.98 Å². The van der Waals surface area contributed by atoms with Crippen molar-refractivity contribution in [3.05, 3.63) is 59.5 Å². The van der Waals surface area contributed by atoms with Gasteiger partial charge < -0.3 is 16.4 Å². The highest BCUT2D eigenvalue weighted by molar-refractivity contribution is 5.91. The number of rotatable bonds is 7. The Hall–Kier alpha value is -3.59. The fraction of sp³-hybridized carbons (Fsp3) is 0.375. The number of benzene rings is 1. The third-order valence-corrected chi connectivity index (χ3v) is 5.72. The summed E-state index contributed by atoms with van der Waals surface area (Å²) < 4.78 is 0. The standard InChI is InChI=1S/C24H30N8O/c1-3-17-9-4-5-11-19(17)27-24-30-21(29-23(25)31-24)15-32-13-7-10-18(14-32)22(33)28-20-12-6-8-16(2)26-20/h4-6,8-9,11-12,18H,3,7,10,13-15H2,1-2H3,(H,26,28,33)(H3,25,27,29,30,31). The van der Waals surface area contributed by atoms with E-state index in [0.29, 0.717) is 30.7 Å². The van der Waals surface area contributed by atoms with Gasteiger partial charge in [-0.1, -0.05) is 31.2 Å². The molecule has 1 atom stereocenters. The van der Waals surface area contributed by atoms with Crippen LogP contribution < -0.4 is 16.4 Å². The number of amides is 1. The number of hydrogen-bond donors (Lipinski definition) is 3. The van der Waals surface area contributed by atoms with Crippen LogP contribution in [0.2, 0.25) is 0 Å². The van der Waals surface area contributed by atoms with E-state index in [1.807, 2.05) is 43.3 Å². The molecule has 0 radical (unpaired) electrons. The van der Waals surface area contributed by atoms with Gasteiger partial charge in [-0.2, -0.15) is 15.0 Å². The first-order valence-electron chi connectivity index (χ1n) is 11.3.